The van der Waals surface area contributed by atoms with Crippen molar-refractivity contribution in [3.05, 3.63) is 28.2 Å². The summed E-state index contributed by atoms with van der Waals surface area (Å²) < 4.78 is 64.3. The second-order valence-corrected chi connectivity index (χ2v) is 6.33. The van der Waals surface area contributed by atoms with Crippen LogP contribution in [0.3, 0.4) is 0 Å². The lowest BCUT2D eigenvalue weighted by Gasteiger charge is -2.14. The van der Waals surface area contributed by atoms with E-state index in [4.69, 9.17) is 5.73 Å². The van der Waals surface area contributed by atoms with Gasteiger partial charge in [-0.25, -0.2) is 13.1 Å². The molecule has 0 saturated carbocycles. The molecule has 0 aliphatic rings. The Hall–Kier alpha value is -0.640. The quantitative estimate of drug-likeness (QED) is 0.789. The molecule has 0 radical (unpaired) electrons. The topological polar surface area (TPSA) is 72.2 Å². The fourth-order valence-electron chi connectivity index (χ4n) is 1.34. The molecule has 1 rings (SSSR count). The van der Waals surface area contributed by atoms with Gasteiger partial charge in [-0.15, -0.1) is 0 Å². The lowest BCUT2D eigenvalue weighted by atomic mass is 10.2. The van der Waals surface area contributed by atoms with Gasteiger partial charge in [-0.3, -0.25) is 0 Å². The Labute approximate surface area is 117 Å². The van der Waals surface area contributed by atoms with Gasteiger partial charge in [-0.05, 0) is 31.2 Å². The average molecular weight is 361 g/mol. The van der Waals surface area contributed by atoms with Crippen LogP contribution in [0.25, 0.3) is 0 Å². The zero-order chi connectivity index (χ0) is 14.7. The third kappa shape index (κ3) is 4.44. The van der Waals surface area contributed by atoms with Crippen molar-refractivity contribution in [2.24, 2.45) is 5.73 Å². The van der Waals surface area contributed by atoms with Crippen molar-refractivity contribution >= 4 is 26.0 Å². The van der Waals surface area contributed by atoms with Gasteiger partial charge in [0.15, 0.2) is 0 Å². The van der Waals surface area contributed by atoms with E-state index in [1.54, 1.807) is 0 Å². The predicted octanol–water partition coefficient (Wildman–Crippen LogP) is 2.10. The number of hydrogen-bond donors (Lipinski definition) is 2. The van der Waals surface area contributed by atoms with Gasteiger partial charge in [0.25, 0.3) is 0 Å². The van der Waals surface area contributed by atoms with E-state index >= 15 is 0 Å². The van der Waals surface area contributed by atoms with Gasteiger partial charge < -0.3 is 5.73 Å². The summed E-state index contributed by atoms with van der Waals surface area (Å²) in [5, 5.41) is 0. The second-order valence-electron chi connectivity index (χ2n) is 3.68. The number of hydrogen-bond acceptors (Lipinski definition) is 3. The summed E-state index contributed by atoms with van der Waals surface area (Å²) in [6.45, 7) is 0.237. The van der Waals surface area contributed by atoms with Gasteiger partial charge >= 0.3 is 6.18 Å². The Morgan fingerprint density at radius 2 is 1.95 bits per heavy atom. The molecular formula is C10H12BrF3N2O2S. The first kappa shape index (κ1) is 16.4. The van der Waals surface area contributed by atoms with Crippen molar-refractivity contribution in [1.29, 1.82) is 0 Å². The van der Waals surface area contributed by atoms with Crippen molar-refractivity contribution in [3.63, 3.8) is 0 Å². The fraction of sp³-hybridized carbons (Fsp3) is 0.400. The molecule has 0 bridgehead atoms. The number of halogens is 4. The van der Waals surface area contributed by atoms with Gasteiger partial charge in [-0.2, -0.15) is 13.2 Å². The first-order chi connectivity index (χ1) is 8.68. The lowest BCUT2D eigenvalue weighted by molar-refractivity contribution is -0.139. The Morgan fingerprint density at radius 1 is 1.32 bits per heavy atom. The summed E-state index contributed by atoms with van der Waals surface area (Å²) >= 11 is 2.89. The smallest absolute Gasteiger partial charge is 0.330 e. The Kier molecular flexibility index (Phi) is 5.36. The van der Waals surface area contributed by atoms with Crippen LogP contribution in [0.5, 0.6) is 0 Å². The number of nitrogens with one attached hydrogen (secondary N) is 1. The van der Waals surface area contributed by atoms with Gasteiger partial charge in [0.2, 0.25) is 10.0 Å². The maximum atomic E-state index is 12.8. The van der Waals surface area contributed by atoms with Crippen LogP contribution in [0, 0.1) is 0 Å². The Bertz CT molecular complexity index is 546. The van der Waals surface area contributed by atoms with E-state index in [0.29, 0.717) is 6.42 Å². The maximum absolute atomic E-state index is 12.8. The molecule has 0 aliphatic carbocycles. The van der Waals surface area contributed by atoms with E-state index in [2.05, 4.69) is 20.7 Å². The molecule has 0 fully saturated rings. The van der Waals surface area contributed by atoms with Gasteiger partial charge in [-0.1, -0.05) is 15.9 Å². The van der Waals surface area contributed by atoms with Crippen LogP contribution < -0.4 is 10.5 Å². The highest BCUT2D eigenvalue weighted by Gasteiger charge is 2.37. The van der Waals surface area contributed by atoms with Crippen molar-refractivity contribution in [2.45, 2.75) is 17.5 Å². The van der Waals surface area contributed by atoms with Crippen LogP contribution in [-0.4, -0.2) is 21.5 Å². The summed E-state index contributed by atoms with van der Waals surface area (Å²) in [6, 6.07) is 2.89. The Balaban J connectivity index is 3.19. The van der Waals surface area contributed by atoms with Crippen molar-refractivity contribution in [2.75, 3.05) is 13.1 Å². The molecule has 9 heteroatoms. The molecule has 108 valence electrons. The van der Waals surface area contributed by atoms with E-state index in [9.17, 15) is 21.6 Å². The van der Waals surface area contributed by atoms with Gasteiger partial charge in [0.1, 0.15) is 0 Å². The minimum absolute atomic E-state index is 0.00774. The highest BCUT2D eigenvalue weighted by atomic mass is 79.9. The van der Waals surface area contributed by atoms with Crippen molar-refractivity contribution in [3.8, 4) is 0 Å². The van der Waals surface area contributed by atoms with E-state index in [0.717, 1.165) is 12.1 Å². The van der Waals surface area contributed by atoms with E-state index in [1.807, 2.05) is 0 Å². The summed E-state index contributed by atoms with van der Waals surface area (Å²) in [4.78, 5) is -0.791. The number of benzene rings is 1. The highest BCUT2D eigenvalue weighted by molar-refractivity contribution is 9.10. The minimum atomic E-state index is -4.75. The predicted molar refractivity (Wildman–Crippen MR) is 68.0 cm³/mol. The summed E-state index contributed by atoms with van der Waals surface area (Å²) in [5.74, 6) is 0. The molecule has 1 aromatic carbocycles. The Morgan fingerprint density at radius 3 is 2.47 bits per heavy atom. The number of alkyl halides is 3. The molecule has 4 nitrogen and oxygen atoms in total. The van der Waals surface area contributed by atoms with E-state index in [-0.39, 0.29) is 17.6 Å². The van der Waals surface area contributed by atoms with E-state index in [1.165, 1.54) is 6.07 Å². The van der Waals surface area contributed by atoms with Gasteiger partial charge in [0, 0.05) is 11.0 Å². The SMILES string of the molecule is NCCCNS(=O)(=O)c1ccc(Br)cc1C(F)(F)F. The molecule has 19 heavy (non-hydrogen) atoms. The largest absolute Gasteiger partial charge is 0.417 e. The standard InChI is InChI=1S/C10H12BrF3N2O2S/c11-7-2-3-9(8(6-7)10(12,13)14)19(17,18)16-5-1-4-15/h2-3,6,16H,1,4-5,15H2. The average Bonchev–Trinajstić information content (AvgIpc) is 2.27. The molecule has 3 N–H and O–H groups in total. The zero-order valence-electron chi connectivity index (χ0n) is 9.67. The highest BCUT2D eigenvalue weighted by Crippen LogP contribution is 2.35. The monoisotopic (exact) mass is 360 g/mol. The molecule has 0 aromatic heterocycles. The summed E-state index contributed by atoms with van der Waals surface area (Å²) in [6.07, 6.45) is -4.40. The molecule has 0 spiro atoms. The first-order valence-corrected chi connectivity index (χ1v) is 7.52. The third-order valence-electron chi connectivity index (χ3n) is 2.21. The maximum Gasteiger partial charge on any atom is 0.417 e. The van der Waals surface area contributed by atoms with E-state index < -0.39 is 26.7 Å². The van der Waals surface area contributed by atoms with Crippen LogP contribution in [0.15, 0.2) is 27.6 Å². The second kappa shape index (κ2) is 6.21. The first-order valence-electron chi connectivity index (χ1n) is 5.25. The molecule has 0 atom stereocenters. The molecule has 0 heterocycles. The molecule has 1 aromatic rings. The molecule has 0 saturated heterocycles. The van der Waals surface area contributed by atoms with Gasteiger partial charge in [0.05, 0.1) is 10.5 Å². The van der Waals surface area contributed by atoms with Crippen LogP contribution in [-0.2, 0) is 16.2 Å². The van der Waals surface area contributed by atoms with Crippen LogP contribution in [0.1, 0.15) is 12.0 Å². The minimum Gasteiger partial charge on any atom is -0.330 e. The molecule has 0 aliphatic heterocycles. The third-order valence-corrected chi connectivity index (χ3v) is 4.22. The van der Waals surface area contributed by atoms with Crippen molar-refractivity contribution < 1.29 is 21.6 Å². The number of rotatable bonds is 5. The molecular weight excluding hydrogens is 349 g/mol. The fourth-order valence-corrected chi connectivity index (χ4v) is 2.99. The number of sulfonamides is 1. The normalized spacial score (nSPS) is 12.7. The molecule has 0 unspecified atom stereocenters. The number of nitrogens with two attached hydrogens (primary N) is 1. The molecule has 0 amide bonds. The van der Waals surface area contributed by atoms with Crippen LogP contribution in [0.2, 0.25) is 0 Å². The van der Waals surface area contributed by atoms with Crippen LogP contribution in [0.4, 0.5) is 13.2 Å². The lowest BCUT2D eigenvalue weighted by Crippen LogP contribution is -2.28. The van der Waals surface area contributed by atoms with Crippen molar-refractivity contribution in [1.82, 2.24) is 4.72 Å². The summed E-state index contributed by atoms with van der Waals surface area (Å²) in [7, 11) is -4.21. The van der Waals surface area contributed by atoms with Crippen LogP contribution >= 0.6 is 15.9 Å². The zero-order valence-corrected chi connectivity index (χ0v) is 12.1. The summed E-state index contributed by atoms with van der Waals surface area (Å²) in [5.41, 5.74) is 3.99.